The van der Waals surface area contributed by atoms with E-state index in [-0.39, 0.29) is 22.8 Å². The third-order valence-electron chi connectivity index (χ3n) is 4.99. The van der Waals surface area contributed by atoms with Crippen molar-refractivity contribution in [3.05, 3.63) is 59.7 Å². The second-order valence-electron chi connectivity index (χ2n) is 8.56. The molecule has 0 aliphatic carbocycles. The predicted octanol–water partition coefficient (Wildman–Crippen LogP) is 4.31. The van der Waals surface area contributed by atoms with E-state index in [0.29, 0.717) is 17.5 Å². The van der Waals surface area contributed by atoms with Crippen LogP contribution in [0, 0.1) is 0 Å². The molecule has 3 rings (SSSR count). The highest BCUT2D eigenvalue weighted by molar-refractivity contribution is 7.99. The van der Waals surface area contributed by atoms with Crippen molar-refractivity contribution >= 4 is 17.7 Å². The number of hydrogen-bond donors (Lipinski definition) is 1. The lowest BCUT2D eigenvalue weighted by atomic mass is 9.87. The molecule has 0 saturated carbocycles. The number of amides is 1. The predicted molar refractivity (Wildman–Crippen MR) is 125 cm³/mol. The number of halogens is 2. The Bertz CT molecular complexity index is 1080. The number of hydrogen-bond acceptors (Lipinski definition) is 6. The van der Waals surface area contributed by atoms with Gasteiger partial charge in [0.25, 0.3) is 0 Å². The van der Waals surface area contributed by atoms with Gasteiger partial charge in [-0.25, -0.2) is 4.68 Å². The van der Waals surface area contributed by atoms with E-state index < -0.39 is 6.61 Å². The minimum Gasteiger partial charge on any atom is -0.435 e. The van der Waals surface area contributed by atoms with Crippen LogP contribution in [0.3, 0.4) is 0 Å². The minimum absolute atomic E-state index is 0.0456. The molecule has 10 heteroatoms. The Morgan fingerprint density at radius 1 is 1.12 bits per heavy atom. The third kappa shape index (κ3) is 6.44. The van der Waals surface area contributed by atoms with Gasteiger partial charge in [0.1, 0.15) is 5.75 Å². The van der Waals surface area contributed by atoms with Crippen molar-refractivity contribution in [1.29, 1.82) is 0 Å². The summed E-state index contributed by atoms with van der Waals surface area (Å²) >= 11 is 1.20. The topological polar surface area (TPSA) is 86.3 Å². The van der Waals surface area contributed by atoms with Gasteiger partial charge < -0.3 is 15.5 Å². The zero-order valence-corrected chi connectivity index (χ0v) is 19.8. The Labute approximate surface area is 195 Å². The van der Waals surface area contributed by atoms with Gasteiger partial charge in [0.15, 0.2) is 5.82 Å². The first kappa shape index (κ1) is 24.5. The van der Waals surface area contributed by atoms with Crippen molar-refractivity contribution < 1.29 is 18.3 Å². The van der Waals surface area contributed by atoms with Crippen molar-refractivity contribution in [3.8, 4) is 17.1 Å². The van der Waals surface area contributed by atoms with E-state index in [4.69, 9.17) is 5.84 Å². The van der Waals surface area contributed by atoms with Gasteiger partial charge in [-0.05, 0) is 28.7 Å². The Morgan fingerprint density at radius 2 is 1.76 bits per heavy atom. The highest BCUT2D eigenvalue weighted by Crippen LogP contribution is 2.26. The summed E-state index contributed by atoms with van der Waals surface area (Å²) in [6.45, 7) is 3.90. The highest BCUT2D eigenvalue weighted by atomic mass is 32.2. The number of nitrogen functional groups attached to an aromatic ring is 1. The number of alkyl halides is 2. The summed E-state index contributed by atoms with van der Waals surface area (Å²) in [6, 6.07) is 14.2. The zero-order chi connectivity index (χ0) is 24.2. The van der Waals surface area contributed by atoms with Gasteiger partial charge in [-0.3, -0.25) is 4.79 Å². The van der Waals surface area contributed by atoms with Crippen molar-refractivity contribution in [2.24, 2.45) is 0 Å². The number of carbonyl (C=O) groups is 1. The van der Waals surface area contributed by atoms with Crippen LogP contribution in [-0.2, 0) is 16.8 Å². The molecule has 0 fully saturated rings. The Morgan fingerprint density at radius 3 is 2.33 bits per heavy atom. The van der Waals surface area contributed by atoms with Crippen LogP contribution in [0.15, 0.2) is 53.7 Å². The number of nitrogens with two attached hydrogens (primary N) is 1. The third-order valence-corrected chi connectivity index (χ3v) is 5.92. The average molecular weight is 476 g/mol. The van der Waals surface area contributed by atoms with E-state index in [1.54, 1.807) is 24.1 Å². The van der Waals surface area contributed by atoms with Gasteiger partial charge in [0.05, 0.1) is 5.75 Å². The SMILES string of the molecule is CN(Cc1ccc(OC(F)F)cc1)C(=O)CSc1nnc(-c2ccc(C(C)(C)C)cc2)n1N. The normalized spacial score (nSPS) is 11.6. The van der Waals surface area contributed by atoms with Crippen LogP contribution < -0.4 is 10.6 Å². The maximum absolute atomic E-state index is 12.5. The fourth-order valence-corrected chi connectivity index (χ4v) is 3.86. The van der Waals surface area contributed by atoms with Gasteiger partial charge in [0, 0.05) is 19.2 Å². The Hall–Kier alpha value is -3.14. The summed E-state index contributed by atoms with van der Waals surface area (Å²) < 4.78 is 30.2. The van der Waals surface area contributed by atoms with Crippen LogP contribution in [0.5, 0.6) is 5.75 Å². The fourth-order valence-electron chi connectivity index (χ4n) is 3.07. The summed E-state index contributed by atoms with van der Waals surface area (Å²) in [7, 11) is 1.67. The van der Waals surface area contributed by atoms with Crippen molar-refractivity contribution in [3.63, 3.8) is 0 Å². The van der Waals surface area contributed by atoms with Crippen LogP contribution in [0.2, 0.25) is 0 Å². The number of benzene rings is 2. The van der Waals surface area contributed by atoms with E-state index in [1.165, 1.54) is 34.1 Å². The van der Waals surface area contributed by atoms with Gasteiger partial charge >= 0.3 is 6.61 Å². The lowest BCUT2D eigenvalue weighted by molar-refractivity contribution is -0.127. The molecule has 1 aromatic heterocycles. The van der Waals surface area contributed by atoms with Crippen molar-refractivity contribution in [2.45, 2.75) is 44.5 Å². The lowest BCUT2D eigenvalue weighted by Crippen LogP contribution is -2.28. The van der Waals surface area contributed by atoms with Crippen LogP contribution in [0.1, 0.15) is 31.9 Å². The summed E-state index contributed by atoms with van der Waals surface area (Å²) in [5, 5.41) is 8.72. The molecule has 0 spiro atoms. The van der Waals surface area contributed by atoms with E-state index in [9.17, 15) is 13.6 Å². The lowest BCUT2D eigenvalue weighted by Gasteiger charge is -2.19. The molecule has 176 valence electrons. The molecule has 0 saturated heterocycles. The molecule has 1 heterocycles. The zero-order valence-electron chi connectivity index (χ0n) is 19.0. The van der Waals surface area contributed by atoms with Crippen LogP contribution >= 0.6 is 11.8 Å². The molecular formula is C23H27F2N5O2S. The number of nitrogens with zero attached hydrogens (tertiary/aromatic N) is 4. The maximum Gasteiger partial charge on any atom is 0.387 e. The molecular weight excluding hydrogens is 448 g/mol. The second kappa shape index (κ2) is 10.2. The fraction of sp³-hybridized carbons (Fsp3) is 0.348. The summed E-state index contributed by atoms with van der Waals surface area (Å²) in [4.78, 5) is 14.1. The number of aromatic nitrogens is 3. The molecule has 0 aliphatic rings. The second-order valence-corrected chi connectivity index (χ2v) is 9.51. The van der Waals surface area contributed by atoms with E-state index in [2.05, 4.69) is 35.7 Å². The molecule has 0 unspecified atom stereocenters. The van der Waals surface area contributed by atoms with E-state index in [0.717, 1.165) is 11.1 Å². The standard InChI is InChI=1S/C23H27F2N5O2S/c1-23(2,3)17-9-7-16(8-10-17)20-27-28-22(30(20)26)33-14-19(31)29(4)13-15-5-11-18(12-6-15)32-21(24)25/h5-12,21H,13-14,26H2,1-4H3. The molecule has 7 nitrogen and oxygen atoms in total. The average Bonchev–Trinajstić information content (AvgIpc) is 3.12. The molecule has 0 atom stereocenters. The maximum atomic E-state index is 12.5. The Kier molecular flexibility index (Phi) is 7.57. The smallest absolute Gasteiger partial charge is 0.387 e. The first-order valence-corrected chi connectivity index (χ1v) is 11.2. The summed E-state index contributed by atoms with van der Waals surface area (Å²) in [5.41, 5.74) is 2.88. The molecule has 0 radical (unpaired) electrons. The molecule has 3 aromatic rings. The molecule has 2 aromatic carbocycles. The van der Waals surface area contributed by atoms with Crippen LogP contribution in [0.25, 0.3) is 11.4 Å². The minimum atomic E-state index is -2.87. The van der Waals surface area contributed by atoms with Crippen LogP contribution in [-0.4, -0.2) is 45.1 Å². The largest absolute Gasteiger partial charge is 0.435 e. The van der Waals surface area contributed by atoms with Crippen molar-refractivity contribution in [2.75, 3.05) is 18.6 Å². The van der Waals surface area contributed by atoms with Gasteiger partial charge in [-0.2, -0.15) is 8.78 Å². The van der Waals surface area contributed by atoms with Crippen molar-refractivity contribution in [1.82, 2.24) is 19.8 Å². The van der Waals surface area contributed by atoms with Gasteiger partial charge in [-0.15, -0.1) is 10.2 Å². The summed E-state index contributed by atoms with van der Waals surface area (Å²) in [6.07, 6.45) is 0. The quantitative estimate of drug-likeness (QED) is 0.386. The molecule has 33 heavy (non-hydrogen) atoms. The number of thioether (sulfide) groups is 1. The van der Waals surface area contributed by atoms with Gasteiger partial charge in [-0.1, -0.05) is 68.9 Å². The highest BCUT2D eigenvalue weighted by Gasteiger charge is 2.18. The summed E-state index contributed by atoms with van der Waals surface area (Å²) in [5.74, 6) is 6.76. The molecule has 0 aliphatic heterocycles. The molecule has 0 bridgehead atoms. The first-order valence-electron chi connectivity index (χ1n) is 10.3. The first-order chi connectivity index (χ1) is 15.5. The van der Waals surface area contributed by atoms with Gasteiger partial charge in [0.2, 0.25) is 11.1 Å². The number of ether oxygens (including phenoxy) is 1. The van der Waals surface area contributed by atoms with Crippen LogP contribution in [0.4, 0.5) is 8.78 Å². The Balaban J connectivity index is 1.57. The van der Waals surface area contributed by atoms with E-state index >= 15 is 0 Å². The number of rotatable bonds is 8. The molecule has 2 N–H and O–H groups in total. The van der Waals surface area contributed by atoms with E-state index in [1.807, 2.05) is 24.3 Å². The monoisotopic (exact) mass is 475 g/mol. The number of carbonyl (C=O) groups excluding carboxylic acids is 1. The molecule has 1 amide bonds.